The van der Waals surface area contributed by atoms with Crippen LogP contribution in [-0.2, 0) is 9.47 Å². The van der Waals surface area contributed by atoms with E-state index in [9.17, 15) is 4.79 Å². The molecule has 3 aromatic rings. The average molecular weight is 560 g/mol. The second-order valence-corrected chi connectivity index (χ2v) is 7.59. The number of esters is 1. The SMILES string of the molecule is COC(=O)c1c(Br)cc(Nc2ccc(NCCOCCI)cn2)c2nccn12. The number of halogens is 2. The van der Waals surface area contributed by atoms with Crippen molar-refractivity contribution < 1.29 is 14.3 Å². The zero-order valence-corrected chi connectivity index (χ0v) is 18.9. The monoisotopic (exact) mass is 559 g/mol. The van der Waals surface area contributed by atoms with Crippen LogP contribution in [-0.4, -0.2) is 51.6 Å². The second kappa shape index (κ2) is 10.0. The summed E-state index contributed by atoms with van der Waals surface area (Å²) in [6, 6.07) is 5.59. The van der Waals surface area contributed by atoms with Gasteiger partial charge < -0.3 is 20.1 Å². The van der Waals surface area contributed by atoms with Crippen molar-refractivity contribution in [3.05, 3.63) is 47.0 Å². The smallest absolute Gasteiger partial charge is 0.356 e. The van der Waals surface area contributed by atoms with Crippen LogP contribution >= 0.6 is 38.5 Å². The van der Waals surface area contributed by atoms with Crippen molar-refractivity contribution in [1.29, 1.82) is 0 Å². The van der Waals surface area contributed by atoms with Crippen LogP contribution < -0.4 is 10.6 Å². The first-order valence-electron chi connectivity index (χ1n) is 8.48. The number of alkyl halides is 1. The van der Waals surface area contributed by atoms with Crippen molar-refractivity contribution in [2.45, 2.75) is 0 Å². The van der Waals surface area contributed by atoms with Crippen molar-refractivity contribution in [3.63, 3.8) is 0 Å². The Morgan fingerprint density at radius 2 is 2.18 bits per heavy atom. The summed E-state index contributed by atoms with van der Waals surface area (Å²) in [5.74, 6) is 0.215. The van der Waals surface area contributed by atoms with Gasteiger partial charge in [0.05, 0.1) is 42.4 Å². The summed E-state index contributed by atoms with van der Waals surface area (Å²) in [6.07, 6.45) is 5.08. The fourth-order valence-electron chi connectivity index (χ4n) is 2.58. The Morgan fingerprint density at radius 1 is 1.32 bits per heavy atom. The third-order valence-corrected chi connectivity index (χ3v) is 4.87. The summed E-state index contributed by atoms with van der Waals surface area (Å²) >= 11 is 5.72. The number of nitrogens with zero attached hydrogens (tertiary/aromatic N) is 3. The number of ether oxygens (including phenoxy) is 2. The Morgan fingerprint density at radius 3 is 2.89 bits per heavy atom. The van der Waals surface area contributed by atoms with Crippen molar-refractivity contribution in [1.82, 2.24) is 14.4 Å². The number of nitrogens with one attached hydrogen (secondary N) is 2. The molecule has 0 bridgehead atoms. The number of fused-ring (bicyclic) bond motifs is 1. The van der Waals surface area contributed by atoms with Crippen molar-refractivity contribution in [2.24, 2.45) is 0 Å². The molecule has 0 aliphatic rings. The van der Waals surface area contributed by atoms with E-state index in [2.05, 4.69) is 59.1 Å². The van der Waals surface area contributed by atoms with Gasteiger partial charge in [-0.05, 0) is 34.1 Å². The zero-order valence-electron chi connectivity index (χ0n) is 15.1. The van der Waals surface area contributed by atoms with Gasteiger partial charge in [0, 0.05) is 23.4 Å². The largest absolute Gasteiger partial charge is 0.464 e. The minimum Gasteiger partial charge on any atom is -0.464 e. The van der Waals surface area contributed by atoms with Crippen LogP contribution in [0.1, 0.15) is 10.5 Å². The van der Waals surface area contributed by atoms with Crippen molar-refractivity contribution in [3.8, 4) is 0 Å². The van der Waals surface area contributed by atoms with Gasteiger partial charge >= 0.3 is 5.97 Å². The first kappa shape index (κ1) is 20.8. The molecule has 0 spiro atoms. The molecule has 3 aromatic heterocycles. The number of hydrogen-bond donors (Lipinski definition) is 2. The quantitative estimate of drug-likeness (QED) is 0.178. The number of pyridine rings is 2. The first-order valence-corrected chi connectivity index (χ1v) is 10.8. The fourth-order valence-corrected chi connectivity index (χ4v) is 3.47. The molecule has 0 aliphatic heterocycles. The van der Waals surface area contributed by atoms with Crippen LogP contribution in [0.3, 0.4) is 0 Å². The van der Waals surface area contributed by atoms with Crippen LogP contribution in [0.2, 0.25) is 0 Å². The van der Waals surface area contributed by atoms with E-state index in [0.29, 0.717) is 33.9 Å². The number of rotatable bonds is 9. The molecule has 148 valence electrons. The fraction of sp³-hybridized carbons (Fsp3) is 0.278. The molecule has 0 unspecified atom stereocenters. The Labute approximate surface area is 184 Å². The van der Waals surface area contributed by atoms with Crippen LogP contribution in [0.4, 0.5) is 17.2 Å². The van der Waals surface area contributed by atoms with Gasteiger partial charge in [0.1, 0.15) is 11.5 Å². The highest BCUT2D eigenvalue weighted by atomic mass is 127. The minimum atomic E-state index is -0.447. The average Bonchev–Trinajstić information content (AvgIpc) is 3.18. The summed E-state index contributed by atoms with van der Waals surface area (Å²) in [5.41, 5.74) is 2.60. The Hall–Kier alpha value is -1.92. The Kier molecular flexibility index (Phi) is 7.45. The zero-order chi connectivity index (χ0) is 19.9. The molecule has 0 saturated carbocycles. The number of carbonyl (C=O) groups excluding carboxylic acids is 1. The normalized spacial score (nSPS) is 10.8. The molecule has 0 atom stereocenters. The molecule has 28 heavy (non-hydrogen) atoms. The highest BCUT2D eigenvalue weighted by Gasteiger charge is 2.18. The first-order chi connectivity index (χ1) is 13.6. The number of methoxy groups -OCH3 is 1. The van der Waals surface area contributed by atoms with E-state index in [4.69, 9.17) is 9.47 Å². The molecule has 0 fully saturated rings. The molecular formula is C18H19BrIN5O3. The van der Waals surface area contributed by atoms with Crippen LogP contribution in [0.5, 0.6) is 0 Å². The van der Waals surface area contributed by atoms with E-state index in [1.165, 1.54) is 7.11 Å². The molecule has 0 aromatic carbocycles. The molecular weight excluding hydrogens is 541 g/mol. The van der Waals surface area contributed by atoms with E-state index in [0.717, 1.165) is 23.3 Å². The van der Waals surface area contributed by atoms with Gasteiger partial charge in [-0.2, -0.15) is 0 Å². The maximum Gasteiger partial charge on any atom is 0.356 e. The second-order valence-electron chi connectivity index (χ2n) is 5.65. The molecule has 0 radical (unpaired) electrons. The minimum absolute atomic E-state index is 0.373. The lowest BCUT2D eigenvalue weighted by Crippen LogP contribution is -2.11. The highest BCUT2D eigenvalue weighted by Crippen LogP contribution is 2.28. The predicted octanol–water partition coefficient (Wildman–Crippen LogP) is 3.89. The number of carbonyl (C=O) groups is 1. The van der Waals surface area contributed by atoms with Crippen molar-refractivity contribution >= 4 is 67.3 Å². The molecule has 0 aliphatic carbocycles. The molecule has 10 heteroatoms. The molecule has 3 heterocycles. The Bertz CT molecular complexity index is 948. The van der Waals surface area contributed by atoms with Gasteiger partial charge in [-0.3, -0.25) is 4.40 Å². The van der Waals surface area contributed by atoms with Crippen LogP contribution in [0.15, 0.2) is 41.3 Å². The van der Waals surface area contributed by atoms with Gasteiger partial charge in [0.25, 0.3) is 0 Å². The third-order valence-electron chi connectivity index (χ3n) is 3.82. The van der Waals surface area contributed by atoms with Gasteiger partial charge in [-0.1, -0.05) is 22.6 Å². The lowest BCUT2D eigenvalue weighted by Gasteiger charge is -2.12. The lowest BCUT2D eigenvalue weighted by molar-refractivity contribution is 0.0591. The summed E-state index contributed by atoms with van der Waals surface area (Å²) in [5, 5.41) is 6.50. The van der Waals surface area contributed by atoms with Crippen molar-refractivity contribution in [2.75, 3.05) is 41.9 Å². The van der Waals surface area contributed by atoms with E-state index in [1.807, 2.05) is 12.1 Å². The number of anilines is 3. The molecule has 0 amide bonds. The van der Waals surface area contributed by atoms with E-state index < -0.39 is 5.97 Å². The number of hydrogen-bond acceptors (Lipinski definition) is 7. The van der Waals surface area contributed by atoms with Crippen LogP contribution in [0, 0.1) is 0 Å². The summed E-state index contributed by atoms with van der Waals surface area (Å²) < 4.78 is 13.5. The van der Waals surface area contributed by atoms with Gasteiger partial charge in [-0.15, -0.1) is 0 Å². The molecule has 2 N–H and O–H groups in total. The number of imidazole rings is 1. The van der Waals surface area contributed by atoms with E-state index >= 15 is 0 Å². The van der Waals surface area contributed by atoms with Gasteiger partial charge in [0.15, 0.2) is 5.65 Å². The maximum atomic E-state index is 12.0. The van der Waals surface area contributed by atoms with Crippen LogP contribution in [0.25, 0.3) is 5.65 Å². The topological polar surface area (TPSA) is 89.8 Å². The number of aromatic nitrogens is 3. The Balaban J connectivity index is 1.73. The van der Waals surface area contributed by atoms with E-state index in [1.54, 1.807) is 29.1 Å². The molecule has 0 saturated heterocycles. The summed E-state index contributed by atoms with van der Waals surface area (Å²) in [7, 11) is 1.35. The lowest BCUT2D eigenvalue weighted by atomic mass is 10.3. The third kappa shape index (κ3) is 4.92. The van der Waals surface area contributed by atoms with Gasteiger partial charge in [0.2, 0.25) is 0 Å². The maximum absolute atomic E-state index is 12.0. The molecule has 8 nitrogen and oxygen atoms in total. The van der Waals surface area contributed by atoms with E-state index in [-0.39, 0.29) is 0 Å². The highest BCUT2D eigenvalue weighted by molar-refractivity contribution is 14.1. The molecule has 3 rings (SSSR count). The predicted molar refractivity (Wildman–Crippen MR) is 120 cm³/mol. The summed E-state index contributed by atoms with van der Waals surface area (Å²) in [6.45, 7) is 2.14. The summed E-state index contributed by atoms with van der Waals surface area (Å²) in [4.78, 5) is 20.8. The standard InChI is InChI=1S/C18H19BrIN5O3/c1-27-18(26)16-13(19)10-14(17-22-5-7-25(16)17)24-15-3-2-12(11-23-15)21-6-9-28-8-4-20/h2-3,5,7,10-11,21H,4,6,8-9H2,1H3,(H,23,24). The van der Waals surface area contributed by atoms with Gasteiger partial charge in [-0.25, -0.2) is 14.8 Å².